The molecule has 5 rings (SSSR count). The van der Waals surface area contributed by atoms with E-state index in [9.17, 15) is 9.59 Å². The average Bonchev–Trinajstić information content (AvgIpc) is 3.13. The fourth-order valence-electron chi connectivity index (χ4n) is 4.52. The molecule has 1 saturated heterocycles. The zero-order valence-corrected chi connectivity index (χ0v) is 17.5. The Kier molecular flexibility index (Phi) is 4.70. The Morgan fingerprint density at radius 1 is 1.16 bits per heavy atom. The Hall–Kier alpha value is -3.32. The molecule has 1 aliphatic heterocycles. The molecule has 0 aliphatic carbocycles. The first-order chi connectivity index (χ1) is 14.9. The first kappa shape index (κ1) is 19.6. The Morgan fingerprint density at radius 2 is 1.94 bits per heavy atom. The van der Waals surface area contributed by atoms with Gasteiger partial charge in [-0.1, -0.05) is 0 Å². The number of piperidine rings is 1. The van der Waals surface area contributed by atoms with E-state index in [1.165, 1.54) is 13.0 Å². The number of aromatic nitrogens is 3. The smallest absolute Gasteiger partial charge is 0.261 e. The molecule has 0 atom stereocenters. The third-order valence-electron chi connectivity index (χ3n) is 6.07. The van der Waals surface area contributed by atoms with Crippen molar-refractivity contribution in [1.82, 2.24) is 19.3 Å². The molecule has 7 heteroatoms. The molecule has 4 heterocycles. The molecule has 0 spiro atoms. The van der Waals surface area contributed by atoms with Crippen molar-refractivity contribution < 1.29 is 9.18 Å². The normalized spacial score (nSPS) is 15.1. The number of Topliss-reactive ketones (excluding diaryl/α,β-unsaturated/α-hetero) is 1. The highest BCUT2D eigenvalue weighted by molar-refractivity contribution is 6.01. The topological polar surface area (TPSA) is 68.4 Å². The Balaban J connectivity index is 1.67. The lowest BCUT2D eigenvalue weighted by molar-refractivity contribution is 0.101. The summed E-state index contributed by atoms with van der Waals surface area (Å²) < 4.78 is 18.7. The van der Waals surface area contributed by atoms with E-state index in [0.29, 0.717) is 27.7 Å². The molecule has 4 aromatic rings. The maximum atomic E-state index is 15.2. The summed E-state index contributed by atoms with van der Waals surface area (Å²) in [6.45, 7) is 5.06. The second-order valence-corrected chi connectivity index (χ2v) is 8.24. The van der Waals surface area contributed by atoms with Crippen LogP contribution in [0.5, 0.6) is 0 Å². The third kappa shape index (κ3) is 3.35. The van der Waals surface area contributed by atoms with Crippen molar-refractivity contribution in [3.05, 3.63) is 70.3 Å². The Labute approximate surface area is 178 Å². The second-order valence-electron chi connectivity index (χ2n) is 8.24. The van der Waals surface area contributed by atoms with Crippen molar-refractivity contribution in [3.8, 4) is 11.1 Å². The molecule has 0 radical (unpaired) electrons. The molecule has 1 fully saturated rings. The number of nitrogens with one attached hydrogen (secondary N) is 1. The van der Waals surface area contributed by atoms with Crippen molar-refractivity contribution in [2.24, 2.45) is 0 Å². The average molecular weight is 418 g/mol. The summed E-state index contributed by atoms with van der Waals surface area (Å²) in [6.07, 6.45) is 7.14. The largest absolute Gasteiger partial charge is 0.317 e. The van der Waals surface area contributed by atoms with Crippen molar-refractivity contribution in [2.75, 3.05) is 13.1 Å². The van der Waals surface area contributed by atoms with Crippen LogP contribution in [0.3, 0.4) is 0 Å². The molecule has 6 nitrogen and oxygen atoms in total. The molecular weight excluding hydrogens is 395 g/mol. The number of hydrogen-bond acceptors (Lipinski definition) is 4. The van der Waals surface area contributed by atoms with E-state index < -0.39 is 5.82 Å². The van der Waals surface area contributed by atoms with Crippen LogP contribution in [0.15, 0.2) is 47.7 Å². The van der Waals surface area contributed by atoms with Crippen molar-refractivity contribution >= 4 is 22.2 Å². The van der Waals surface area contributed by atoms with Gasteiger partial charge in [0, 0.05) is 24.6 Å². The quantitative estimate of drug-likeness (QED) is 0.513. The minimum absolute atomic E-state index is 0.0854. The lowest BCUT2D eigenvalue weighted by Crippen LogP contribution is -2.34. The number of aryl methyl sites for hydroxylation is 1. The zero-order chi connectivity index (χ0) is 21.7. The number of carbonyl (C=O) groups excluding carboxylic acids is 1. The number of rotatable bonds is 3. The van der Waals surface area contributed by atoms with Crippen LogP contribution in [-0.4, -0.2) is 32.8 Å². The van der Waals surface area contributed by atoms with Gasteiger partial charge in [-0.25, -0.2) is 9.37 Å². The van der Waals surface area contributed by atoms with Crippen molar-refractivity contribution in [2.45, 2.75) is 32.7 Å². The number of pyridine rings is 2. The highest BCUT2D eigenvalue weighted by Gasteiger charge is 2.19. The Morgan fingerprint density at radius 3 is 2.68 bits per heavy atom. The number of halogens is 1. The summed E-state index contributed by atoms with van der Waals surface area (Å²) in [7, 11) is 0. The molecule has 1 aromatic carbocycles. The predicted molar refractivity (Wildman–Crippen MR) is 118 cm³/mol. The van der Waals surface area contributed by atoms with Crippen LogP contribution in [0.1, 0.15) is 41.9 Å². The van der Waals surface area contributed by atoms with Crippen molar-refractivity contribution in [3.63, 3.8) is 0 Å². The van der Waals surface area contributed by atoms with E-state index in [4.69, 9.17) is 0 Å². The first-order valence-corrected chi connectivity index (χ1v) is 10.5. The fourth-order valence-corrected chi connectivity index (χ4v) is 4.52. The molecule has 0 unspecified atom stereocenters. The van der Waals surface area contributed by atoms with Crippen LogP contribution in [0.25, 0.3) is 27.5 Å². The number of benzene rings is 1. The lowest BCUT2D eigenvalue weighted by atomic mass is 10.00. The standard InChI is InChI=1S/C24H23FN4O2/c1-14-12-28-13-18(10-20(15(2)30)23(28)27-14)17-9-16-5-8-29(19-3-6-26-7-4-19)24(31)22(16)21(25)11-17/h5,8-13,19,26H,3-4,6-7H2,1-2H3. The monoisotopic (exact) mass is 418 g/mol. The Bertz CT molecular complexity index is 1400. The molecular formula is C24H23FN4O2. The number of nitrogens with zero attached hydrogens (tertiary/aromatic N) is 3. The number of imidazole rings is 1. The van der Waals surface area contributed by atoms with Gasteiger partial charge >= 0.3 is 0 Å². The highest BCUT2D eigenvalue weighted by atomic mass is 19.1. The van der Waals surface area contributed by atoms with Crippen LogP contribution in [0.2, 0.25) is 0 Å². The molecule has 31 heavy (non-hydrogen) atoms. The summed E-state index contributed by atoms with van der Waals surface area (Å²) in [4.78, 5) is 29.7. The SMILES string of the molecule is CC(=O)c1cc(-c2cc(F)c3c(=O)n(C4CCNCC4)ccc3c2)cn2cc(C)nc12. The maximum Gasteiger partial charge on any atom is 0.261 e. The predicted octanol–water partition coefficient (Wildman–Crippen LogP) is 3.89. The zero-order valence-electron chi connectivity index (χ0n) is 17.5. The van der Waals surface area contributed by atoms with Gasteiger partial charge in [-0.15, -0.1) is 0 Å². The van der Waals surface area contributed by atoms with Gasteiger partial charge in [0.05, 0.1) is 16.6 Å². The van der Waals surface area contributed by atoms with Gasteiger partial charge in [-0.05, 0) is 80.6 Å². The van der Waals surface area contributed by atoms with Gasteiger partial charge in [0.2, 0.25) is 0 Å². The van der Waals surface area contributed by atoms with Gasteiger partial charge in [0.15, 0.2) is 5.78 Å². The van der Waals surface area contributed by atoms with E-state index in [0.717, 1.165) is 31.6 Å². The molecule has 1 aliphatic rings. The number of carbonyl (C=O) groups is 1. The van der Waals surface area contributed by atoms with E-state index in [1.54, 1.807) is 33.4 Å². The van der Waals surface area contributed by atoms with E-state index in [-0.39, 0.29) is 22.8 Å². The van der Waals surface area contributed by atoms with E-state index in [2.05, 4.69) is 10.3 Å². The number of ketones is 1. The summed E-state index contributed by atoms with van der Waals surface area (Å²) in [5, 5.41) is 3.94. The van der Waals surface area contributed by atoms with Crippen LogP contribution < -0.4 is 10.9 Å². The summed E-state index contributed by atoms with van der Waals surface area (Å²) in [5.41, 5.74) is 2.87. The van der Waals surface area contributed by atoms with Crippen LogP contribution in [-0.2, 0) is 0 Å². The summed E-state index contributed by atoms with van der Waals surface area (Å²) >= 11 is 0. The van der Waals surface area contributed by atoms with Gasteiger partial charge < -0.3 is 14.3 Å². The van der Waals surface area contributed by atoms with Crippen LogP contribution in [0, 0.1) is 12.7 Å². The van der Waals surface area contributed by atoms with E-state index >= 15 is 4.39 Å². The third-order valence-corrected chi connectivity index (χ3v) is 6.07. The van der Waals surface area contributed by atoms with E-state index in [1.807, 2.05) is 19.3 Å². The molecule has 3 aromatic heterocycles. The van der Waals surface area contributed by atoms with Crippen molar-refractivity contribution in [1.29, 1.82) is 0 Å². The van der Waals surface area contributed by atoms with Gasteiger partial charge in [0.25, 0.3) is 5.56 Å². The van der Waals surface area contributed by atoms with Gasteiger partial charge in [-0.3, -0.25) is 9.59 Å². The van der Waals surface area contributed by atoms with Crippen LogP contribution in [0.4, 0.5) is 4.39 Å². The highest BCUT2D eigenvalue weighted by Crippen LogP contribution is 2.28. The molecule has 0 bridgehead atoms. The molecule has 0 amide bonds. The molecule has 158 valence electrons. The van der Waals surface area contributed by atoms with Gasteiger partial charge in [-0.2, -0.15) is 0 Å². The minimum Gasteiger partial charge on any atom is -0.317 e. The molecule has 1 N–H and O–H groups in total. The number of fused-ring (bicyclic) bond motifs is 2. The van der Waals surface area contributed by atoms with Gasteiger partial charge in [0.1, 0.15) is 11.5 Å². The first-order valence-electron chi connectivity index (χ1n) is 10.5. The summed E-state index contributed by atoms with van der Waals surface area (Å²) in [6, 6.07) is 6.81. The maximum absolute atomic E-state index is 15.2. The minimum atomic E-state index is -0.549. The summed E-state index contributed by atoms with van der Waals surface area (Å²) in [5.74, 6) is -0.657. The number of hydrogen-bond donors (Lipinski definition) is 1. The lowest BCUT2D eigenvalue weighted by Gasteiger charge is -2.25. The van der Waals surface area contributed by atoms with Crippen LogP contribution >= 0.6 is 0 Å². The fraction of sp³-hybridized carbons (Fsp3) is 0.292. The second kappa shape index (κ2) is 7.42. The molecule has 0 saturated carbocycles.